The lowest BCUT2D eigenvalue weighted by Gasteiger charge is -2.30. The Bertz CT molecular complexity index is 579. The standard InChI is InChI=1S/C19H22O5/c1-4-17(21)23-13-19(6-3,14-24-18(22)5-2)12-16(20)15-10-8-7-9-11-15/h4-5,7-11H,1-2,6,12-14H2,3H3. The lowest BCUT2D eigenvalue weighted by atomic mass is 9.80. The molecule has 0 aliphatic carbocycles. The Balaban J connectivity index is 2.93. The van der Waals surface area contributed by atoms with Gasteiger partial charge in [-0.25, -0.2) is 9.59 Å². The third-order valence-corrected chi connectivity index (χ3v) is 3.76. The van der Waals surface area contributed by atoms with Crippen molar-refractivity contribution in [3.8, 4) is 0 Å². The third-order valence-electron chi connectivity index (χ3n) is 3.76. The molecule has 1 rings (SSSR count). The van der Waals surface area contributed by atoms with Crippen molar-refractivity contribution in [2.45, 2.75) is 19.8 Å². The number of benzene rings is 1. The molecule has 24 heavy (non-hydrogen) atoms. The van der Waals surface area contributed by atoms with Crippen LogP contribution >= 0.6 is 0 Å². The third kappa shape index (κ3) is 5.83. The molecule has 0 bridgehead atoms. The van der Waals surface area contributed by atoms with Crippen LogP contribution in [-0.4, -0.2) is 30.9 Å². The Kier molecular flexibility index (Phi) is 7.62. The Morgan fingerprint density at radius 2 is 1.50 bits per heavy atom. The maximum atomic E-state index is 12.5. The van der Waals surface area contributed by atoms with Crippen molar-refractivity contribution in [3.05, 3.63) is 61.2 Å². The van der Waals surface area contributed by atoms with Crippen molar-refractivity contribution >= 4 is 17.7 Å². The summed E-state index contributed by atoms with van der Waals surface area (Å²) in [6.07, 6.45) is 2.67. The van der Waals surface area contributed by atoms with Crippen LogP contribution < -0.4 is 0 Å². The van der Waals surface area contributed by atoms with Gasteiger partial charge >= 0.3 is 11.9 Å². The quantitative estimate of drug-likeness (QED) is 0.374. The largest absolute Gasteiger partial charge is 0.462 e. The molecule has 0 aliphatic rings. The summed E-state index contributed by atoms with van der Waals surface area (Å²) in [4.78, 5) is 35.3. The molecule has 0 aromatic heterocycles. The van der Waals surface area contributed by atoms with Gasteiger partial charge in [0.25, 0.3) is 0 Å². The summed E-state index contributed by atoms with van der Waals surface area (Å²) < 4.78 is 10.2. The summed E-state index contributed by atoms with van der Waals surface area (Å²) in [7, 11) is 0. The summed E-state index contributed by atoms with van der Waals surface area (Å²) in [5.41, 5.74) is -0.245. The van der Waals surface area contributed by atoms with E-state index in [4.69, 9.17) is 9.47 Å². The van der Waals surface area contributed by atoms with Crippen LogP contribution in [0.15, 0.2) is 55.6 Å². The second-order valence-electron chi connectivity index (χ2n) is 5.44. The number of Topliss-reactive ketones (excluding diaryl/α,β-unsaturated/α-hetero) is 1. The average Bonchev–Trinajstić information content (AvgIpc) is 2.63. The minimum atomic E-state index is -0.801. The average molecular weight is 330 g/mol. The number of hydrogen-bond acceptors (Lipinski definition) is 5. The number of carbonyl (C=O) groups excluding carboxylic acids is 3. The van der Waals surface area contributed by atoms with E-state index in [1.165, 1.54) is 0 Å². The maximum Gasteiger partial charge on any atom is 0.330 e. The summed E-state index contributed by atoms with van der Waals surface area (Å²) in [6.45, 7) is 8.45. The molecule has 0 aliphatic heterocycles. The molecule has 0 heterocycles. The number of ketones is 1. The zero-order chi connectivity index (χ0) is 18.0. The molecule has 0 N–H and O–H groups in total. The number of esters is 2. The molecule has 1 aromatic rings. The van der Waals surface area contributed by atoms with Crippen molar-refractivity contribution < 1.29 is 23.9 Å². The normalized spacial score (nSPS) is 10.5. The van der Waals surface area contributed by atoms with Gasteiger partial charge in [-0.15, -0.1) is 0 Å². The smallest absolute Gasteiger partial charge is 0.330 e. The summed E-state index contributed by atoms with van der Waals surface area (Å²) in [5.74, 6) is -1.29. The molecule has 0 fully saturated rings. The number of carbonyl (C=O) groups is 3. The van der Waals surface area contributed by atoms with Crippen LogP contribution in [0.4, 0.5) is 0 Å². The second-order valence-corrected chi connectivity index (χ2v) is 5.44. The topological polar surface area (TPSA) is 69.7 Å². The van der Waals surface area contributed by atoms with E-state index in [0.29, 0.717) is 12.0 Å². The molecule has 0 spiro atoms. The molecule has 128 valence electrons. The van der Waals surface area contributed by atoms with Gasteiger partial charge in [0.2, 0.25) is 0 Å². The zero-order valence-electron chi connectivity index (χ0n) is 13.8. The molecular formula is C19H22O5. The van der Waals surface area contributed by atoms with E-state index in [1.54, 1.807) is 24.3 Å². The van der Waals surface area contributed by atoms with E-state index in [9.17, 15) is 14.4 Å². The first kappa shape index (κ1) is 19.4. The van der Waals surface area contributed by atoms with Crippen LogP contribution in [0.25, 0.3) is 0 Å². The molecule has 0 amide bonds. The fourth-order valence-corrected chi connectivity index (χ4v) is 2.11. The van der Waals surface area contributed by atoms with Crippen molar-refractivity contribution in [2.24, 2.45) is 5.41 Å². The molecule has 0 unspecified atom stereocenters. The van der Waals surface area contributed by atoms with Crippen LogP contribution in [0.2, 0.25) is 0 Å². The van der Waals surface area contributed by atoms with Crippen molar-refractivity contribution in [1.29, 1.82) is 0 Å². The highest BCUT2D eigenvalue weighted by atomic mass is 16.5. The van der Waals surface area contributed by atoms with Gasteiger partial charge in [-0.05, 0) is 6.42 Å². The highest BCUT2D eigenvalue weighted by Gasteiger charge is 2.34. The van der Waals surface area contributed by atoms with Gasteiger partial charge in [0, 0.05) is 29.6 Å². The summed E-state index contributed by atoms with van der Waals surface area (Å²) in [5, 5.41) is 0. The van der Waals surface area contributed by atoms with Crippen LogP contribution in [0.3, 0.4) is 0 Å². The SMILES string of the molecule is C=CC(=O)OCC(CC)(COC(=O)C=C)CC(=O)c1ccccc1. The lowest BCUT2D eigenvalue weighted by molar-refractivity contribution is -0.148. The monoisotopic (exact) mass is 330 g/mol. The van der Waals surface area contributed by atoms with Crippen LogP contribution in [0.1, 0.15) is 30.1 Å². The molecule has 1 aromatic carbocycles. The van der Waals surface area contributed by atoms with Crippen molar-refractivity contribution in [1.82, 2.24) is 0 Å². The van der Waals surface area contributed by atoms with Crippen LogP contribution in [-0.2, 0) is 19.1 Å². The lowest BCUT2D eigenvalue weighted by Crippen LogP contribution is -2.36. The molecule has 0 radical (unpaired) electrons. The molecule has 5 heteroatoms. The van der Waals surface area contributed by atoms with Gasteiger partial charge < -0.3 is 9.47 Å². The Labute approximate surface area is 142 Å². The van der Waals surface area contributed by atoms with E-state index in [0.717, 1.165) is 12.2 Å². The summed E-state index contributed by atoms with van der Waals surface area (Å²) >= 11 is 0. The fraction of sp³-hybridized carbons (Fsp3) is 0.316. The molecule has 5 nitrogen and oxygen atoms in total. The minimum absolute atomic E-state index is 0.0443. The van der Waals surface area contributed by atoms with Gasteiger partial charge in [0.1, 0.15) is 13.2 Å². The van der Waals surface area contributed by atoms with Gasteiger partial charge in [0.05, 0.1) is 0 Å². The predicted octanol–water partition coefficient (Wildman–Crippen LogP) is 3.11. The molecule has 0 saturated carbocycles. The Morgan fingerprint density at radius 1 is 1.00 bits per heavy atom. The predicted molar refractivity (Wildman–Crippen MR) is 90.4 cm³/mol. The number of ether oxygens (including phenoxy) is 2. The Morgan fingerprint density at radius 3 is 1.92 bits per heavy atom. The van der Waals surface area contributed by atoms with Crippen LogP contribution in [0.5, 0.6) is 0 Å². The van der Waals surface area contributed by atoms with Gasteiger partial charge in [-0.3, -0.25) is 4.79 Å². The summed E-state index contributed by atoms with van der Waals surface area (Å²) in [6, 6.07) is 8.80. The first-order valence-electron chi connectivity index (χ1n) is 7.63. The zero-order valence-corrected chi connectivity index (χ0v) is 13.8. The highest BCUT2D eigenvalue weighted by Crippen LogP contribution is 2.30. The first-order chi connectivity index (χ1) is 11.5. The van der Waals surface area contributed by atoms with E-state index in [2.05, 4.69) is 13.2 Å². The number of hydrogen-bond donors (Lipinski definition) is 0. The maximum absolute atomic E-state index is 12.5. The van der Waals surface area contributed by atoms with E-state index >= 15 is 0 Å². The van der Waals surface area contributed by atoms with E-state index in [-0.39, 0.29) is 25.4 Å². The minimum Gasteiger partial charge on any atom is -0.462 e. The molecular weight excluding hydrogens is 308 g/mol. The van der Waals surface area contributed by atoms with Crippen molar-refractivity contribution in [3.63, 3.8) is 0 Å². The second kappa shape index (κ2) is 9.45. The van der Waals surface area contributed by atoms with E-state index < -0.39 is 17.4 Å². The highest BCUT2D eigenvalue weighted by molar-refractivity contribution is 5.96. The first-order valence-corrected chi connectivity index (χ1v) is 7.63. The Hall–Kier alpha value is -2.69. The molecule has 0 atom stereocenters. The number of rotatable bonds is 10. The molecule has 0 saturated heterocycles. The van der Waals surface area contributed by atoms with Crippen molar-refractivity contribution in [2.75, 3.05) is 13.2 Å². The van der Waals surface area contributed by atoms with E-state index in [1.807, 2.05) is 13.0 Å². The van der Waals surface area contributed by atoms with Gasteiger partial charge in [0.15, 0.2) is 5.78 Å². The fourth-order valence-electron chi connectivity index (χ4n) is 2.11. The van der Waals surface area contributed by atoms with Gasteiger partial charge in [-0.2, -0.15) is 0 Å². The van der Waals surface area contributed by atoms with Crippen LogP contribution in [0, 0.1) is 5.41 Å². The van der Waals surface area contributed by atoms with Gasteiger partial charge in [-0.1, -0.05) is 50.4 Å².